The monoisotopic (exact) mass is 360 g/mol. The van der Waals surface area contributed by atoms with Crippen molar-refractivity contribution in [1.82, 2.24) is 5.32 Å². The first-order chi connectivity index (χ1) is 12.1. The highest BCUT2D eigenvalue weighted by atomic mass is 35.5. The number of nitrogens with one attached hydrogen (secondary N) is 1. The Morgan fingerprint density at radius 1 is 1.20 bits per heavy atom. The van der Waals surface area contributed by atoms with Gasteiger partial charge in [-0.25, -0.2) is 0 Å². The van der Waals surface area contributed by atoms with E-state index < -0.39 is 6.10 Å². The number of hydrogen-bond donors (Lipinski definition) is 1. The van der Waals surface area contributed by atoms with Crippen LogP contribution < -0.4 is 15.0 Å². The fraction of sp³-hybridized carbons (Fsp3) is 0.350. The SMILES string of the molecule is CC[C@@H](Oc1cccc(Cl)c1)C(=O)NCCCN(C)c1ccccc1. The van der Waals surface area contributed by atoms with Crippen molar-refractivity contribution in [2.75, 3.05) is 25.0 Å². The van der Waals surface area contributed by atoms with E-state index in [0.717, 1.165) is 13.0 Å². The van der Waals surface area contributed by atoms with Crippen molar-refractivity contribution in [3.05, 3.63) is 59.6 Å². The van der Waals surface area contributed by atoms with Gasteiger partial charge in [0.25, 0.3) is 5.91 Å². The third-order valence-electron chi connectivity index (χ3n) is 3.90. The minimum Gasteiger partial charge on any atom is -0.481 e. The fourth-order valence-corrected chi connectivity index (χ4v) is 2.66. The van der Waals surface area contributed by atoms with Gasteiger partial charge in [0, 0.05) is 30.8 Å². The number of halogens is 1. The number of amides is 1. The van der Waals surface area contributed by atoms with E-state index in [-0.39, 0.29) is 5.91 Å². The third-order valence-corrected chi connectivity index (χ3v) is 4.14. The molecule has 1 amide bonds. The topological polar surface area (TPSA) is 41.6 Å². The molecule has 0 bridgehead atoms. The van der Waals surface area contributed by atoms with E-state index >= 15 is 0 Å². The van der Waals surface area contributed by atoms with Crippen LogP contribution in [0.25, 0.3) is 0 Å². The van der Waals surface area contributed by atoms with Gasteiger partial charge in [-0.2, -0.15) is 0 Å². The van der Waals surface area contributed by atoms with Crippen LogP contribution in [0, 0.1) is 0 Å². The molecular weight excluding hydrogens is 336 g/mol. The molecule has 0 saturated heterocycles. The lowest BCUT2D eigenvalue weighted by atomic mass is 10.2. The van der Waals surface area contributed by atoms with Crippen LogP contribution in [0.1, 0.15) is 19.8 Å². The van der Waals surface area contributed by atoms with Gasteiger partial charge in [-0.3, -0.25) is 4.79 Å². The lowest BCUT2D eigenvalue weighted by Crippen LogP contribution is -2.39. The highest BCUT2D eigenvalue weighted by molar-refractivity contribution is 6.30. The smallest absolute Gasteiger partial charge is 0.261 e. The molecule has 5 heteroatoms. The Bertz CT molecular complexity index is 664. The highest BCUT2D eigenvalue weighted by Gasteiger charge is 2.17. The summed E-state index contributed by atoms with van der Waals surface area (Å²) in [5, 5.41) is 3.55. The van der Waals surface area contributed by atoms with Gasteiger partial charge in [0.1, 0.15) is 5.75 Å². The van der Waals surface area contributed by atoms with E-state index in [1.54, 1.807) is 18.2 Å². The minimum atomic E-state index is -0.509. The number of anilines is 1. The Kier molecular flexibility index (Phi) is 7.61. The number of ether oxygens (including phenoxy) is 1. The quantitative estimate of drug-likeness (QED) is 0.683. The molecule has 0 fully saturated rings. The molecule has 0 spiro atoms. The summed E-state index contributed by atoms with van der Waals surface area (Å²) in [5.41, 5.74) is 1.17. The summed E-state index contributed by atoms with van der Waals surface area (Å²) in [5.74, 6) is 0.517. The number of carbonyl (C=O) groups excluding carboxylic acids is 1. The van der Waals surface area contributed by atoms with Gasteiger partial charge in [0.05, 0.1) is 0 Å². The number of carbonyl (C=O) groups is 1. The van der Waals surface area contributed by atoms with E-state index in [1.165, 1.54) is 5.69 Å². The molecule has 0 aromatic heterocycles. The van der Waals surface area contributed by atoms with Crippen molar-refractivity contribution in [3.63, 3.8) is 0 Å². The molecule has 2 aromatic rings. The van der Waals surface area contributed by atoms with Crippen molar-refractivity contribution in [1.29, 1.82) is 0 Å². The number of para-hydroxylation sites is 1. The van der Waals surface area contributed by atoms with Crippen molar-refractivity contribution >= 4 is 23.2 Å². The van der Waals surface area contributed by atoms with Crippen molar-refractivity contribution in [2.24, 2.45) is 0 Å². The van der Waals surface area contributed by atoms with Gasteiger partial charge in [-0.15, -0.1) is 0 Å². The Morgan fingerprint density at radius 3 is 2.64 bits per heavy atom. The molecule has 1 atom stereocenters. The summed E-state index contributed by atoms with van der Waals surface area (Å²) >= 11 is 5.95. The van der Waals surface area contributed by atoms with E-state index in [9.17, 15) is 4.79 Å². The molecule has 4 nitrogen and oxygen atoms in total. The third kappa shape index (κ3) is 6.31. The molecule has 0 aliphatic rings. The minimum absolute atomic E-state index is 0.0927. The van der Waals surface area contributed by atoms with Gasteiger partial charge >= 0.3 is 0 Å². The second-order valence-electron chi connectivity index (χ2n) is 5.87. The van der Waals surface area contributed by atoms with Crippen LogP contribution in [0.5, 0.6) is 5.75 Å². The summed E-state index contributed by atoms with van der Waals surface area (Å²) in [4.78, 5) is 14.5. The molecule has 0 heterocycles. The Hall–Kier alpha value is -2.20. The van der Waals surface area contributed by atoms with Crippen molar-refractivity contribution < 1.29 is 9.53 Å². The van der Waals surface area contributed by atoms with E-state index in [2.05, 4.69) is 22.3 Å². The largest absolute Gasteiger partial charge is 0.481 e. The van der Waals surface area contributed by atoms with Crippen LogP contribution in [-0.2, 0) is 4.79 Å². The summed E-state index contributed by atoms with van der Waals surface area (Å²) in [7, 11) is 2.05. The van der Waals surface area contributed by atoms with Crippen LogP contribution in [0.3, 0.4) is 0 Å². The van der Waals surface area contributed by atoms with Crippen molar-refractivity contribution in [2.45, 2.75) is 25.9 Å². The molecule has 0 aliphatic heterocycles. The first kappa shape index (κ1) is 19.1. The second kappa shape index (κ2) is 9.94. The van der Waals surface area contributed by atoms with E-state index in [0.29, 0.717) is 23.7 Å². The van der Waals surface area contributed by atoms with Gasteiger partial charge in [0.2, 0.25) is 0 Å². The fourth-order valence-electron chi connectivity index (χ4n) is 2.48. The molecule has 2 rings (SSSR count). The standard InChI is InChI=1S/C20H25ClN2O2/c1-3-19(25-18-12-7-9-16(21)15-18)20(24)22-13-8-14-23(2)17-10-5-4-6-11-17/h4-7,9-12,15,19H,3,8,13-14H2,1-2H3,(H,22,24)/t19-/m1/s1. The molecule has 25 heavy (non-hydrogen) atoms. The lowest BCUT2D eigenvalue weighted by molar-refractivity contribution is -0.128. The Balaban J connectivity index is 1.74. The zero-order valence-corrected chi connectivity index (χ0v) is 15.5. The molecule has 0 saturated carbocycles. The summed E-state index contributed by atoms with van der Waals surface area (Å²) in [6.45, 7) is 3.42. The van der Waals surface area contributed by atoms with E-state index in [1.807, 2.05) is 38.2 Å². The van der Waals surface area contributed by atoms with Gasteiger partial charge in [0.15, 0.2) is 6.10 Å². The predicted octanol–water partition coefficient (Wildman–Crippen LogP) is 4.14. The lowest BCUT2D eigenvalue weighted by Gasteiger charge is -2.20. The molecule has 0 radical (unpaired) electrons. The molecule has 1 N–H and O–H groups in total. The first-order valence-electron chi connectivity index (χ1n) is 8.56. The van der Waals surface area contributed by atoms with Gasteiger partial charge < -0.3 is 15.0 Å². The van der Waals surface area contributed by atoms with E-state index in [4.69, 9.17) is 16.3 Å². The molecule has 2 aromatic carbocycles. The Morgan fingerprint density at radius 2 is 1.96 bits per heavy atom. The highest BCUT2D eigenvalue weighted by Crippen LogP contribution is 2.19. The predicted molar refractivity (Wildman–Crippen MR) is 103 cm³/mol. The number of benzene rings is 2. The number of rotatable bonds is 9. The summed E-state index contributed by atoms with van der Waals surface area (Å²) in [6, 6.07) is 17.3. The van der Waals surface area contributed by atoms with Crippen LogP contribution in [0.4, 0.5) is 5.69 Å². The summed E-state index contributed by atoms with van der Waals surface area (Å²) in [6.07, 6.45) is 0.956. The van der Waals surface area contributed by atoms with Gasteiger partial charge in [-0.05, 0) is 43.2 Å². The molecule has 0 unspecified atom stereocenters. The average Bonchev–Trinajstić information content (AvgIpc) is 2.63. The first-order valence-corrected chi connectivity index (χ1v) is 8.94. The maximum atomic E-state index is 12.3. The normalized spacial score (nSPS) is 11.6. The maximum absolute atomic E-state index is 12.3. The van der Waals surface area contributed by atoms with Crippen molar-refractivity contribution in [3.8, 4) is 5.75 Å². The number of nitrogens with zero attached hydrogens (tertiary/aromatic N) is 1. The maximum Gasteiger partial charge on any atom is 0.261 e. The molecule has 134 valence electrons. The van der Waals surface area contributed by atoms with Crippen LogP contribution in [-0.4, -0.2) is 32.1 Å². The van der Waals surface area contributed by atoms with Crippen LogP contribution >= 0.6 is 11.6 Å². The molecular formula is C20H25ClN2O2. The number of hydrogen-bond acceptors (Lipinski definition) is 3. The molecule has 0 aliphatic carbocycles. The van der Waals surface area contributed by atoms with Gasteiger partial charge in [-0.1, -0.05) is 42.8 Å². The van der Waals surface area contributed by atoms with Crippen LogP contribution in [0.2, 0.25) is 5.02 Å². The Labute approximate surface area is 154 Å². The van der Waals surface area contributed by atoms with Crippen LogP contribution in [0.15, 0.2) is 54.6 Å². The zero-order chi connectivity index (χ0) is 18.1. The second-order valence-corrected chi connectivity index (χ2v) is 6.31. The summed E-state index contributed by atoms with van der Waals surface area (Å²) < 4.78 is 5.75. The zero-order valence-electron chi connectivity index (χ0n) is 14.7. The average molecular weight is 361 g/mol.